The Morgan fingerprint density at radius 3 is 2.64 bits per heavy atom. The van der Waals surface area contributed by atoms with Gasteiger partial charge in [0.1, 0.15) is 0 Å². The monoisotopic (exact) mass is 193 g/mol. The van der Waals surface area contributed by atoms with E-state index in [-0.39, 0.29) is 5.75 Å². The Balaban J connectivity index is 2.21. The summed E-state index contributed by atoms with van der Waals surface area (Å²) in [6.45, 7) is 4.44. The first-order valence-corrected chi connectivity index (χ1v) is 5.04. The number of rotatable bonds is 6. The molecule has 0 aliphatic carbocycles. The van der Waals surface area contributed by atoms with Gasteiger partial charge in [-0.15, -0.1) is 0 Å². The van der Waals surface area contributed by atoms with Crippen molar-refractivity contribution < 1.29 is 9.84 Å². The van der Waals surface area contributed by atoms with Crippen LogP contribution in [0.15, 0.2) is 24.3 Å². The number of phenols is 1. The Labute approximate surface area is 85.5 Å². The number of unbranched alkanes of at least 4 members (excludes halogenated alkanes) is 3. The van der Waals surface area contributed by atoms with Crippen LogP contribution in [0.2, 0.25) is 0 Å². The zero-order valence-electron chi connectivity index (χ0n) is 8.41. The van der Waals surface area contributed by atoms with Crippen molar-refractivity contribution in [3.05, 3.63) is 31.2 Å². The third kappa shape index (κ3) is 3.69. The van der Waals surface area contributed by atoms with E-state index in [0.717, 1.165) is 25.7 Å². The maximum atomic E-state index is 9.38. The molecule has 2 nitrogen and oxygen atoms in total. The van der Waals surface area contributed by atoms with E-state index in [4.69, 9.17) is 4.74 Å². The summed E-state index contributed by atoms with van der Waals surface area (Å²) in [5.74, 6) is 0.784. The normalized spacial score (nSPS) is 10.1. The van der Waals surface area contributed by atoms with Gasteiger partial charge in [0.25, 0.3) is 0 Å². The fourth-order valence-corrected chi connectivity index (χ4v) is 1.22. The largest absolute Gasteiger partial charge is 0.504 e. The van der Waals surface area contributed by atoms with E-state index in [0.29, 0.717) is 12.4 Å². The van der Waals surface area contributed by atoms with Crippen LogP contribution in [0.4, 0.5) is 0 Å². The summed E-state index contributed by atoms with van der Waals surface area (Å²) < 4.78 is 5.41. The van der Waals surface area contributed by atoms with Crippen LogP contribution in [0.3, 0.4) is 0 Å². The second kappa shape index (κ2) is 6.30. The summed E-state index contributed by atoms with van der Waals surface area (Å²) in [5.41, 5.74) is 0. The number of ether oxygens (including phenoxy) is 1. The zero-order chi connectivity index (χ0) is 10.2. The van der Waals surface area contributed by atoms with Crippen molar-refractivity contribution in [1.29, 1.82) is 0 Å². The number of hydrogen-bond acceptors (Lipinski definition) is 2. The zero-order valence-corrected chi connectivity index (χ0v) is 8.41. The van der Waals surface area contributed by atoms with E-state index in [1.807, 2.05) is 6.07 Å². The highest BCUT2D eigenvalue weighted by Crippen LogP contribution is 2.24. The van der Waals surface area contributed by atoms with Gasteiger partial charge in [0.2, 0.25) is 0 Å². The van der Waals surface area contributed by atoms with Crippen LogP contribution in [0, 0.1) is 6.92 Å². The van der Waals surface area contributed by atoms with Crippen LogP contribution < -0.4 is 4.74 Å². The molecule has 0 aliphatic rings. The second-order valence-electron chi connectivity index (χ2n) is 3.23. The minimum absolute atomic E-state index is 0.213. The second-order valence-corrected chi connectivity index (χ2v) is 3.23. The number of hydrogen-bond donors (Lipinski definition) is 1. The molecule has 1 N–H and O–H groups in total. The third-order valence-electron chi connectivity index (χ3n) is 2.02. The number of benzene rings is 1. The van der Waals surface area contributed by atoms with Crippen LogP contribution >= 0.6 is 0 Å². The molecule has 1 aromatic carbocycles. The van der Waals surface area contributed by atoms with E-state index in [2.05, 4.69) is 6.92 Å². The van der Waals surface area contributed by atoms with E-state index in [1.165, 1.54) is 0 Å². The Kier molecular flexibility index (Phi) is 4.90. The highest BCUT2D eigenvalue weighted by molar-refractivity contribution is 5.37. The molecule has 77 valence electrons. The quantitative estimate of drug-likeness (QED) is 0.703. The van der Waals surface area contributed by atoms with Gasteiger partial charge in [-0.1, -0.05) is 38.3 Å². The number of para-hydroxylation sites is 2. The minimum Gasteiger partial charge on any atom is -0.504 e. The molecule has 0 saturated heterocycles. The lowest BCUT2D eigenvalue weighted by molar-refractivity contribution is 0.289. The van der Waals surface area contributed by atoms with Crippen LogP contribution in [0.25, 0.3) is 0 Å². The summed E-state index contributed by atoms with van der Waals surface area (Å²) in [6.07, 6.45) is 4.28. The van der Waals surface area contributed by atoms with Crippen LogP contribution in [-0.4, -0.2) is 11.7 Å². The molecule has 0 aliphatic heterocycles. The summed E-state index contributed by atoms with van der Waals surface area (Å²) in [5, 5.41) is 9.38. The molecule has 0 unspecified atom stereocenters. The van der Waals surface area contributed by atoms with Gasteiger partial charge in [0.05, 0.1) is 6.61 Å². The lowest BCUT2D eigenvalue weighted by Crippen LogP contribution is -1.97. The SMILES string of the molecule is [CH2]CCCCCOc1ccccc1O. The molecule has 0 heterocycles. The van der Waals surface area contributed by atoms with Crippen LogP contribution in [0.5, 0.6) is 11.5 Å². The molecule has 0 saturated carbocycles. The lowest BCUT2D eigenvalue weighted by Gasteiger charge is -2.06. The molecule has 1 radical (unpaired) electrons. The maximum absolute atomic E-state index is 9.38. The van der Waals surface area contributed by atoms with Gasteiger partial charge in [-0.25, -0.2) is 0 Å². The molecule has 0 amide bonds. The molecular formula is C12H17O2. The molecule has 0 aromatic heterocycles. The summed E-state index contributed by atoms with van der Waals surface area (Å²) in [7, 11) is 0. The highest BCUT2D eigenvalue weighted by atomic mass is 16.5. The number of phenolic OH excluding ortho intramolecular Hbond substituents is 1. The van der Waals surface area contributed by atoms with Crippen LogP contribution in [-0.2, 0) is 0 Å². The molecule has 14 heavy (non-hydrogen) atoms. The van der Waals surface area contributed by atoms with Gasteiger partial charge in [0.15, 0.2) is 11.5 Å². The first-order valence-electron chi connectivity index (χ1n) is 5.04. The Bertz CT molecular complexity index is 258. The van der Waals surface area contributed by atoms with Gasteiger partial charge in [-0.05, 0) is 18.6 Å². The molecule has 1 rings (SSSR count). The van der Waals surface area contributed by atoms with Gasteiger partial charge in [-0.2, -0.15) is 0 Å². The topological polar surface area (TPSA) is 29.5 Å². The van der Waals surface area contributed by atoms with Crippen molar-refractivity contribution in [3.8, 4) is 11.5 Å². The molecule has 2 heteroatoms. The van der Waals surface area contributed by atoms with E-state index < -0.39 is 0 Å². The van der Waals surface area contributed by atoms with Crippen molar-refractivity contribution in [3.63, 3.8) is 0 Å². The molecule has 0 bridgehead atoms. The molecule has 0 atom stereocenters. The first-order chi connectivity index (χ1) is 6.84. The van der Waals surface area contributed by atoms with Gasteiger partial charge in [0, 0.05) is 0 Å². The molecule has 0 spiro atoms. The van der Waals surface area contributed by atoms with Crippen molar-refractivity contribution in [1.82, 2.24) is 0 Å². The summed E-state index contributed by atoms with van der Waals surface area (Å²) in [4.78, 5) is 0. The fraction of sp³-hybridized carbons (Fsp3) is 0.417. The standard InChI is InChI=1S/C12H17O2/c1-2-3-4-7-10-14-12-9-6-5-8-11(12)13/h5-6,8-9,13H,1-4,7,10H2. The van der Waals surface area contributed by atoms with Crippen molar-refractivity contribution in [2.45, 2.75) is 25.7 Å². The van der Waals surface area contributed by atoms with Crippen molar-refractivity contribution in [2.75, 3.05) is 6.61 Å². The Morgan fingerprint density at radius 1 is 1.14 bits per heavy atom. The van der Waals surface area contributed by atoms with E-state index in [1.54, 1.807) is 18.2 Å². The smallest absolute Gasteiger partial charge is 0.160 e. The lowest BCUT2D eigenvalue weighted by atomic mass is 10.2. The number of aromatic hydroxyl groups is 1. The summed E-state index contributed by atoms with van der Waals surface area (Å²) in [6, 6.07) is 7.04. The molecule has 1 aromatic rings. The van der Waals surface area contributed by atoms with Gasteiger partial charge in [-0.3, -0.25) is 0 Å². The predicted molar refractivity (Wildman–Crippen MR) is 57.4 cm³/mol. The van der Waals surface area contributed by atoms with Crippen molar-refractivity contribution >= 4 is 0 Å². The predicted octanol–water partition coefficient (Wildman–Crippen LogP) is 3.17. The molecular weight excluding hydrogens is 176 g/mol. The Hall–Kier alpha value is -1.18. The third-order valence-corrected chi connectivity index (χ3v) is 2.02. The fourth-order valence-electron chi connectivity index (χ4n) is 1.22. The minimum atomic E-state index is 0.213. The average molecular weight is 193 g/mol. The van der Waals surface area contributed by atoms with Crippen LogP contribution in [0.1, 0.15) is 25.7 Å². The molecule has 0 fully saturated rings. The highest BCUT2D eigenvalue weighted by Gasteiger charge is 1.98. The Morgan fingerprint density at radius 2 is 1.93 bits per heavy atom. The van der Waals surface area contributed by atoms with Gasteiger partial charge < -0.3 is 9.84 Å². The average Bonchev–Trinajstić information content (AvgIpc) is 2.20. The first kappa shape index (κ1) is 10.9. The maximum Gasteiger partial charge on any atom is 0.160 e. The van der Waals surface area contributed by atoms with Crippen molar-refractivity contribution in [2.24, 2.45) is 0 Å². The van der Waals surface area contributed by atoms with E-state index >= 15 is 0 Å². The van der Waals surface area contributed by atoms with E-state index in [9.17, 15) is 5.11 Å². The summed E-state index contributed by atoms with van der Waals surface area (Å²) >= 11 is 0. The van der Waals surface area contributed by atoms with Gasteiger partial charge >= 0.3 is 0 Å².